The molecule has 37 heavy (non-hydrogen) atoms. The molecule has 0 bridgehead atoms. The van der Waals surface area contributed by atoms with Crippen LogP contribution in [0.5, 0.6) is 0 Å². The normalized spacial score (nSPS) is 18.1. The van der Waals surface area contributed by atoms with Crippen molar-refractivity contribution < 1.29 is 0 Å². The zero-order valence-electron chi connectivity index (χ0n) is 22.5. The average Bonchev–Trinajstić information content (AvgIpc) is 2.99. The minimum Gasteiger partial charge on any atom is -0.368 e. The van der Waals surface area contributed by atoms with E-state index in [4.69, 9.17) is 0 Å². The highest BCUT2D eigenvalue weighted by atomic mass is 15.1. The zero-order chi connectivity index (χ0) is 26.0. The molecular weight excluding hydrogens is 448 g/mol. The summed E-state index contributed by atoms with van der Waals surface area (Å²) in [5.74, 6) is 0. The van der Waals surface area contributed by atoms with Crippen molar-refractivity contribution >= 4 is 28.2 Å². The molecule has 188 valence electrons. The van der Waals surface area contributed by atoms with E-state index in [1.165, 1.54) is 33.5 Å². The number of likely N-dealkylation sites (N-methyl/N-ethyl adjacent to an activating group) is 1. The standard InChI is InChI=1S/C35H38N2/c1-5-6-16-29(30-24-25-35-31(26-30)17-10-7-9-15-28(3)37(35)4)23-22-27(2)33-20-13-14-21-34(33)36-32-18-11-8-12-19-32/h5-16,18-22,24-26,28,36H,17,23H2,1-4H3/b6-5?,10-7-,15-9-,27-22+,29-16+. The Balaban J connectivity index is 1.62. The summed E-state index contributed by atoms with van der Waals surface area (Å²) in [6.07, 6.45) is 19.4. The van der Waals surface area contributed by atoms with Gasteiger partial charge in [-0.2, -0.15) is 0 Å². The van der Waals surface area contributed by atoms with Gasteiger partial charge in [-0.15, -0.1) is 0 Å². The van der Waals surface area contributed by atoms with Crippen molar-refractivity contribution in [1.82, 2.24) is 0 Å². The second-order valence-corrected chi connectivity index (χ2v) is 9.56. The van der Waals surface area contributed by atoms with Gasteiger partial charge in [0.05, 0.1) is 0 Å². The lowest BCUT2D eigenvalue weighted by molar-refractivity contribution is 0.819. The van der Waals surface area contributed by atoms with Crippen molar-refractivity contribution in [1.29, 1.82) is 0 Å². The van der Waals surface area contributed by atoms with Gasteiger partial charge < -0.3 is 10.2 Å². The number of nitrogens with one attached hydrogen (secondary N) is 1. The molecule has 4 rings (SSSR count). The first-order chi connectivity index (χ1) is 18.1. The molecule has 2 nitrogen and oxygen atoms in total. The van der Waals surface area contributed by atoms with Gasteiger partial charge in [0.1, 0.15) is 0 Å². The molecule has 2 heteroatoms. The lowest BCUT2D eigenvalue weighted by atomic mass is 9.95. The summed E-state index contributed by atoms with van der Waals surface area (Å²) in [6.45, 7) is 6.51. The van der Waals surface area contributed by atoms with Gasteiger partial charge in [-0.25, -0.2) is 0 Å². The fraction of sp³-hybridized carbons (Fsp3) is 0.200. The first-order valence-corrected chi connectivity index (χ1v) is 13.2. The maximum Gasteiger partial charge on any atom is 0.0460 e. The number of nitrogens with zero attached hydrogens (tertiary/aromatic N) is 1. The van der Waals surface area contributed by atoms with Gasteiger partial charge in [0, 0.05) is 35.7 Å². The van der Waals surface area contributed by atoms with E-state index in [2.05, 4.69) is 153 Å². The minimum absolute atomic E-state index is 0.348. The van der Waals surface area contributed by atoms with Crippen molar-refractivity contribution in [3.05, 3.63) is 138 Å². The van der Waals surface area contributed by atoms with Crippen LogP contribution >= 0.6 is 0 Å². The lowest BCUT2D eigenvalue weighted by Crippen LogP contribution is -2.27. The Kier molecular flexibility index (Phi) is 8.99. The molecule has 0 amide bonds. The maximum atomic E-state index is 3.58. The second kappa shape index (κ2) is 12.8. The van der Waals surface area contributed by atoms with Crippen LogP contribution in [0.4, 0.5) is 17.1 Å². The van der Waals surface area contributed by atoms with Crippen molar-refractivity contribution in [3.63, 3.8) is 0 Å². The van der Waals surface area contributed by atoms with Gasteiger partial charge in [0.15, 0.2) is 0 Å². The third-order valence-electron chi connectivity index (χ3n) is 6.94. The number of rotatable bonds is 7. The molecule has 0 aromatic heterocycles. The SMILES string of the molecule is CC=C/C=C(\C/C=C(\C)c1ccccc1Nc1ccccc1)c1ccc2c(c1)C/C=C\C=C/C(C)N2C. The molecule has 1 N–H and O–H groups in total. The Morgan fingerprint density at radius 3 is 2.59 bits per heavy atom. The summed E-state index contributed by atoms with van der Waals surface area (Å²) >= 11 is 0. The van der Waals surface area contributed by atoms with Gasteiger partial charge in [-0.1, -0.05) is 91.1 Å². The van der Waals surface area contributed by atoms with Crippen LogP contribution in [0.15, 0.2) is 121 Å². The number of benzene rings is 3. The first-order valence-electron chi connectivity index (χ1n) is 13.2. The molecule has 0 radical (unpaired) electrons. The van der Waals surface area contributed by atoms with Crippen LogP contribution in [0.3, 0.4) is 0 Å². The quantitative estimate of drug-likeness (QED) is 0.335. The van der Waals surface area contributed by atoms with Crippen LogP contribution in [0.1, 0.15) is 43.9 Å². The molecule has 1 heterocycles. The second-order valence-electron chi connectivity index (χ2n) is 9.56. The molecule has 0 fully saturated rings. The highest BCUT2D eigenvalue weighted by molar-refractivity contribution is 5.80. The fourth-order valence-electron chi connectivity index (χ4n) is 4.62. The number of anilines is 3. The molecule has 1 unspecified atom stereocenters. The minimum atomic E-state index is 0.348. The van der Waals surface area contributed by atoms with Gasteiger partial charge in [0.2, 0.25) is 0 Å². The zero-order valence-corrected chi connectivity index (χ0v) is 22.5. The van der Waals surface area contributed by atoms with E-state index >= 15 is 0 Å². The molecular formula is C35H38N2. The van der Waals surface area contributed by atoms with Crippen LogP contribution in [-0.4, -0.2) is 13.1 Å². The summed E-state index contributed by atoms with van der Waals surface area (Å²) in [7, 11) is 2.18. The average molecular weight is 487 g/mol. The highest BCUT2D eigenvalue weighted by Crippen LogP contribution is 2.31. The van der Waals surface area contributed by atoms with E-state index in [9.17, 15) is 0 Å². The summed E-state index contributed by atoms with van der Waals surface area (Å²) < 4.78 is 0. The fourth-order valence-corrected chi connectivity index (χ4v) is 4.62. The molecule has 0 saturated carbocycles. The molecule has 1 aliphatic rings. The van der Waals surface area contributed by atoms with E-state index in [1.54, 1.807) is 0 Å². The predicted octanol–water partition coefficient (Wildman–Crippen LogP) is 9.38. The number of allylic oxidation sites excluding steroid dienone is 9. The third-order valence-corrected chi connectivity index (χ3v) is 6.94. The number of hydrogen-bond donors (Lipinski definition) is 1. The van der Waals surface area contributed by atoms with E-state index < -0.39 is 0 Å². The monoisotopic (exact) mass is 486 g/mol. The molecule has 3 aromatic carbocycles. The highest BCUT2D eigenvalue weighted by Gasteiger charge is 2.14. The Labute approximate surface area is 223 Å². The summed E-state index contributed by atoms with van der Waals surface area (Å²) in [5.41, 5.74) is 9.94. The number of para-hydroxylation sites is 2. The Hall–Kier alpha value is -4.04. The van der Waals surface area contributed by atoms with E-state index in [0.29, 0.717) is 6.04 Å². The first kappa shape index (κ1) is 26.0. The van der Waals surface area contributed by atoms with Gasteiger partial charge in [-0.05, 0) is 86.2 Å². The third kappa shape index (κ3) is 6.80. The molecule has 1 aliphatic heterocycles. The van der Waals surface area contributed by atoms with Gasteiger partial charge in [-0.3, -0.25) is 0 Å². The van der Waals surface area contributed by atoms with Crippen molar-refractivity contribution in [2.24, 2.45) is 0 Å². The van der Waals surface area contributed by atoms with Crippen LogP contribution < -0.4 is 10.2 Å². The van der Waals surface area contributed by atoms with Crippen LogP contribution in [0.2, 0.25) is 0 Å². The topological polar surface area (TPSA) is 15.3 Å². The largest absolute Gasteiger partial charge is 0.368 e. The lowest BCUT2D eigenvalue weighted by Gasteiger charge is -2.27. The van der Waals surface area contributed by atoms with E-state index in [1.807, 2.05) is 6.07 Å². The van der Waals surface area contributed by atoms with Crippen LogP contribution in [0.25, 0.3) is 11.1 Å². The summed E-state index contributed by atoms with van der Waals surface area (Å²) in [5, 5.41) is 3.58. The van der Waals surface area contributed by atoms with Crippen LogP contribution in [0, 0.1) is 0 Å². The Morgan fingerprint density at radius 2 is 1.78 bits per heavy atom. The van der Waals surface area contributed by atoms with Crippen molar-refractivity contribution in [2.45, 2.75) is 39.7 Å². The molecule has 0 saturated heterocycles. The smallest absolute Gasteiger partial charge is 0.0460 e. The van der Waals surface area contributed by atoms with Crippen molar-refractivity contribution in [2.75, 3.05) is 17.3 Å². The molecule has 3 aromatic rings. The Morgan fingerprint density at radius 1 is 1.00 bits per heavy atom. The van der Waals surface area contributed by atoms with E-state index in [0.717, 1.165) is 24.2 Å². The number of hydrogen-bond acceptors (Lipinski definition) is 2. The predicted molar refractivity (Wildman–Crippen MR) is 164 cm³/mol. The summed E-state index contributed by atoms with van der Waals surface area (Å²) in [6, 6.07) is 26.2. The summed E-state index contributed by atoms with van der Waals surface area (Å²) in [4.78, 5) is 2.36. The molecule has 0 spiro atoms. The number of fused-ring (bicyclic) bond motifs is 1. The van der Waals surface area contributed by atoms with Crippen molar-refractivity contribution in [3.8, 4) is 0 Å². The van der Waals surface area contributed by atoms with Gasteiger partial charge >= 0.3 is 0 Å². The van der Waals surface area contributed by atoms with Gasteiger partial charge in [0.25, 0.3) is 0 Å². The maximum absolute atomic E-state index is 3.58. The molecule has 0 aliphatic carbocycles. The van der Waals surface area contributed by atoms with E-state index in [-0.39, 0.29) is 0 Å². The van der Waals surface area contributed by atoms with Crippen LogP contribution in [-0.2, 0) is 6.42 Å². The molecule has 1 atom stereocenters. The Bertz CT molecular complexity index is 1340.